The van der Waals surface area contributed by atoms with Gasteiger partial charge in [0.25, 0.3) is 0 Å². The summed E-state index contributed by atoms with van der Waals surface area (Å²) in [5.41, 5.74) is 0. The van der Waals surface area contributed by atoms with Gasteiger partial charge in [0.15, 0.2) is 0 Å². The molecule has 0 unspecified atom stereocenters. The Kier molecular flexibility index (Phi) is 17.1. The van der Waals surface area contributed by atoms with Crippen LogP contribution in [0.1, 0.15) is 20.3 Å². The lowest BCUT2D eigenvalue weighted by Crippen LogP contribution is -1.95. The molecule has 0 aromatic rings. The van der Waals surface area contributed by atoms with Crippen molar-refractivity contribution in [2.45, 2.75) is 20.3 Å². The minimum absolute atomic E-state index is 0.252. The molecule has 132 valence electrons. The van der Waals surface area contributed by atoms with Crippen LogP contribution in [0.25, 0.3) is 0 Å². The molecule has 0 fully saturated rings. The number of hydrogen-bond donors (Lipinski definition) is 0. The van der Waals surface area contributed by atoms with Crippen LogP contribution in [0.2, 0.25) is 0 Å². The van der Waals surface area contributed by atoms with Gasteiger partial charge >= 0.3 is 5.97 Å². The van der Waals surface area contributed by atoms with Crippen molar-refractivity contribution in [3.63, 3.8) is 0 Å². The average molecular weight is 376 g/mol. The second-order valence-corrected chi connectivity index (χ2v) is 3.93. The Labute approximate surface area is 178 Å². The minimum atomic E-state index is -0.418. The summed E-state index contributed by atoms with van der Waals surface area (Å²) < 4.78 is 4.49. The standard InChI is InChI=1S/C28H8O2/c1-3-5-6-7-8-9-10-11-12-13-14-15-16-17-18-19-20-21-22-23-24-25-26-27-30-28(29)4-2/h4H2,1-2H3. The highest BCUT2D eigenvalue weighted by Gasteiger charge is 1.91. The average Bonchev–Trinajstić information content (AvgIpc) is 2.76. The van der Waals surface area contributed by atoms with Gasteiger partial charge in [0, 0.05) is 89.3 Å². The first-order valence-electron chi connectivity index (χ1n) is 7.92. The van der Waals surface area contributed by atoms with E-state index in [1.54, 1.807) is 13.8 Å². The maximum atomic E-state index is 10.8. The van der Waals surface area contributed by atoms with Crippen molar-refractivity contribution in [1.82, 2.24) is 0 Å². The van der Waals surface area contributed by atoms with Gasteiger partial charge in [0.05, 0.1) is 0 Å². The summed E-state index contributed by atoms with van der Waals surface area (Å²) in [6.45, 7) is 3.35. The highest BCUT2D eigenvalue weighted by atomic mass is 16.5. The van der Waals surface area contributed by atoms with E-state index in [2.05, 4.69) is 147 Å². The highest BCUT2D eigenvalue weighted by Crippen LogP contribution is 1.79. The molecule has 0 aromatic heterocycles. The van der Waals surface area contributed by atoms with Gasteiger partial charge < -0.3 is 4.74 Å². The molecule has 0 amide bonds. The van der Waals surface area contributed by atoms with E-state index < -0.39 is 5.97 Å². The minimum Gasteiger partial charge on any atom is -0.371 e. The Balaban J connectivity index is 4.41. The molecule has 2 heteroatoms. The molecular weight excluding hydrogens is 368 g/mol. The van der Waals surface area contributed by atoms with E-state index in [0.29, 0.717) is 0 Å². The van der Waals surface area contributed by atoms with Gasteiger partial charge in [-0.15, -0.1) is 0 Å². The molecule has 0 radical (unpaired) electrons. The third-order valence-corrected chi connectivity index (χ3v) is 1.94. The molecule has 0 aliphatic carbocycles. The molecule has 0 saturated heterocycles. The Hall–Kier alpha value is -5.81. The van der Waals surface area contributed by atoms with Gasteiger partial charge in [0.2, 0.25) is 0 Å². The van der Waals surface area contributed by atoms with E-state index in [1.807, 2.05) is 0 Å². The number of hydrogen-bond acceptors (Lipinski definition) is 2. The van der Waals surface area contributed by atoms with Crippen LogP contribution in [-0.4, -0.2) is 5.97 Å². The largest absolute Gasteiger partial charge is 0.371 e. The lowest BCUT2D eigenvalue weighted by atomic mass is 10.4. The maximum absolute atomic E-state index is 10.8. The first-order chi connectivity index (χ1) is 14.8. The van der Waals surface area contributed by atoms with Crippen LogP contribution < -0.4 is 0 Å². The van der Waals surface area contributed by atoms with Crippen molar-refractivity contribution >= 4 is 5.97 Å². The number of rotatable bonds is 1. The van der Waals surface area contributed by atoms with E-state index in [0.717, 1.165) is 0 Å². The fraction of sp³-hybridized carbons (Fsp3) is 0.107. The molecule has 0 aliphatic rings. The topological polar surface area (TPSA) is 26.3 Å². The first-order valence-corrected chi connectivity index (χ1v) is 7.92. The molecule has 0 aliphatic heterocycles. The zero-order chi connectivity index (χ0) is 22.0. The number of carbonyl (C=O) groups excluding carboxylic acids is 1. The van der Waals surface area contributed by atoms with Crippen molar-refractivity contribution in [2.24, 2.45) is 0 Å². The van der Waals surface area contributed by atoms with Gasteiger partial charge in [0.1, 0.15) is 6.11 Å². The van der Waals surface area contributed by atoms with Crippen LogP contribution >= 0.6 is 0 Å². The summed E-state index contributed by atoms with van der Waals surface area (Å²) in [4.78, 5) is 10.8. The van der Waals surface area contributed by atoms with Crippen LogP contribution in [0.4, 0.5) is 0 Å². The predicted molar refractivity (Wildman–Crippen MR) is 115 cm³/mol. The zero-order valence-corrected chi connectivity index (χ0v) is 16.0. The third-order valence-electron chi connectivity index (χ3n) is 1.94. The van der Waals surface area contributed by atoms with Crippen molar-refractivity contribution in [3.8, 4) is 142 Å². The molecule has 0 N–H and O–H groups in total. The van der Waals surface area contributed by atoms with E-state index in [9.17, 15) is 4.79 Å². The van der Waals surface area contributed by atoms with E-state index in [4.69, 9.17) is 0 Å². The normalized spacial score (nSPS) is 4.73. The Morgan fingerprint density at radius 2 is 0.767 bits per heavy atom. The summed E-state index contributed by atoms with van der Waals surface area (Å²) in [5.74, 6) is 56.7. The summed E-state index contributed by atoms with van der Waals surface area (Å²) >= 11 is 0. The molecule has 0 spiro atoms. The predicted octanol–water partition coefficient (Wildman–Crippen LogP) is 0.958. The summed E-state index contributed by atoms with van der Waals surface area (Å²) in [7, 11) is 0. The summed E-state index contributed by atoms with van der Waals surface area (Å²) in [6.07, 6.45) is 2.40. The molecule has 0 saturated carbocycles. The molecule has 2 nitrogen and oxygen atoms in total. The molecule has 0 heterocycles. The molecule has 0 rings (SSSR count). The van der Waals surface area contributed by atoms with E-state index >= 15 is 0 Å². The number of ether oxygens (including phenoxy) is 1. The lowest BCUT2D eigenvalue weighted by Gasteiger charge is -1.85. The number of carbonyl (C=O) groups is 1. The molecule has 0 atom stereocenters. The zero-order valence-electron chi connectivity index (χ0n) is 16.0. The van der Waals surface area contributed by atoms with Crippen LogP contribution in [-0.2, 0) is 9.53 Å². The van der Waals surface area contributed by atoms with Crippen molar-refractivity contribution in [1.29, 1.82) is 0 Å². The van der Waals surface area contributed by atoms with Crippen molar-refractivity contribution in [3.05, 3.63) is 0 Å². The first kappa shape index (κ1) is 24.2. The molecule has 0 aromatic carbocycles. The molecular formula is C28H8O2. The SMILES string of the molecule is CC#CC#CC#CC#CC#CC#CC#CC#CC#CC#CC#CC#COC(=O)CC. The monoisotopic (exact) mass is 376 g/mol. The van der Waals surface area contributed by atoms with Gasteiger partial charge in [-0.05, 0) is 54.3 Å². The van der Waals surface area contributed by atoms with Crippen LogP contribution in [0.3, 0.4) is 0 Å². The maximum Gasteiger partial charge on any atom is 0.319 e. The summed E-state index contributed by atoms with van der Waals surface area (Å²) in [5, 5.41) is 0. The Bertz CT molecular complexity index is 1430. The van der Waals surface area contributed by atoms with Gasteiger partial charge in [-0.3, -0.25) is 4.79 Å². The highest BCUT2D eigenvalue weighted by molar-refractivity contribution is 5.70. The Morgan fingerprint density at radius 3 is 1.03 bits per heavy atom. The van der Waals surface area contributed by atoms with Gasteiger partial charge in [-0.2, -0.15) is 0 Å². The molecule has 30 heavy (non-hydrogen) atoms. The van der Waals surface area contributed by atoms with Crippen LogP contribution in [0.5, 0.6) is 0 Å². The smallest absolute Gasteiger partial charge is 0.319 e. The number of esters is 1. The third kappa shape index (κ3) is 20.2. The fourth-order valence-electron chi connectivity index (χ4n) is 0.868. The quantitative estimate of drug-likeness (QED) is 0.503. The van der Waals surface area contributed by atoms with Gasteiger partial charge in [-0.25, -0.2) is 0 Å². The van der Waals surface area contributed by atoms with Gasteiger partial charge in [-0.1, -0.05) is 12.8 Å². The fourth-order valence-corrected chi connectivity index (χ4v) is 0.868. The lowest BCUT2D eigenvalue weighted by molar-refractivity contribution is -0.136. The van der Waals surface area contributed by atoms with Crippen LogP contribution in [0, 0.1) is 142 Å². The van der Waals surface area contributed by atoms with E-state index in [1.165, 1.54) is 0 Å². The van der Waals surface area contributed by atoms with Crippen LogP contribution in [0.15, 0.2) is 0 Å². The van der Waals surface area contributed by atoms with Crippen molar-refractivity contribution in [2.75, 3.05) is 0 Å². The Morgan fingerprint density at radius 1 is 0.500 bits per heavy atom. The molecule has 0 bridgehead atoms. The second kappa shape index (κ2) is 21.2. The van der Waals surface area contributed by atoms with Crippen molar-refractivity contribution < 1.29 is 9.53 Å². The second-order valence-electron chi connectivity index (χ2n) is 3.93. The van der Waals surface area contributed by atoms with E-state index in [-0.39, 0.29) is 6.42 Å². The summed E-state index contributed by atoms with van der Waals surface area (Å²) in [6, 6.07) is 0.